The average molecular weight is 280 g/mol. The van der Waals surface area contributed by atoms with Crippen LogP contribution in [-0.4, -0.2) is 20.6 Å². The highest BCUT2D eigenvalue weighted by Crippen LogP contribution is 2.21. The lowest BCUT2D eigenvalue weighted by Gasteiger charge is -2.04. The van der Waals surface area contributed by atoms with Gasteiger partial charge in [0.25, 0.3) is 0 Å². The molecule has 3 aromatic rings. The van der Waals surface area contributed by atoms with E-state index in [-0.39, 0.29) is 0 Å². The van der Waals surface area contributed by atoms with Crippen molar-refractivity contribution >= 4 is 16.9 Å². The maximum Gasteiger partial charge on any atom is 0.335 e. The molecule has 0 atom stereocenters. The fourth-order valence-corrected chi connectivity index (χ4v) is 2.00. The van der Waals surface area contributed by atoms with E-state index in [0.717, 1.165) is 16.6 Å². The third-order valence-electron chi connectivity index (χ3n) is 2.86. The molecule has 21 heavy (non-hydrogen) atoms. The van der Waals surface area contributed by atoms with Crippen molar-refractivity contribution in [2.75, 3.05) is 0 Å². The number of rotatable bonds is 2. The summed E-state index contributed by atoms with van der Waals surface area (Å²) in [5.74, 6) is -0.911. The van der Waals surface area contributed by atoms with Crippen LogP contribution in [0.5, 0.6) is 0 Å². The van der Waals surface area contributed by atoms with Gasteiger partial charge in [-0.3, -0.25) is 4.98 Å². The number of benzene rings is 1. The van der Waals surface area contributed by atoms with Gasteiger partial charge in [0.1, 0.15) is 0 Å². The quantitative estimate of drug-likeness (QED) is 0.724. The van der Waals surface area contributed by atoms with Crippen molar-refractivity contribution < 1.29 is 9.90 Å². The first-order valence-corrected chi connectivity index (χ1v) is 6.49. The van der Waals surface area contributed by atoms with Crippen LogP contribution in [0.25, 0.3) is 16.6 Å². The van der Waals surface area contributed by atoms with Crippen molar-refractivity contribution in [3.8, 4) is 5.69 Å². The Kier molecular flexibility index (Phi) is 4.51. The smallest absolute Gasteiger partial charge is 0.335 e. The number of carboxylic acids is 1. The molecule has 0 aliphatic carbocycles. The number of carboxylic acid groups (broad SMARTS) is 1. The molecule has 0 spiro atoms. The van der Waals surface area contributed by atoms with Crippen molar-refractivity contribution in [1.82, 2.24) is 9.55 Å². The molecule has 0 radical (unpaired) electrons. The summed E-state index contributed by atoms with van der Waals surface area (Å²) in [6.45, 7) is 5.25. The van der Waals surface area contributed by atoms with Crippen molar-refractivity contribution in [3.63, 3.8) is 0 Å². The molecular weight excluding hydrogens is 264 g/mol. The maximum absolute atomic E-state index is 10.9. The lowest BCUT2D eigenvalue weighted by Crippen LogP contribution is -1.96. The Labute approximate surface area is 123 Å². The van der Waals surface area contributed by atoms with E-state index in [4.69, 9.17) is 5.11 Å². The predicted octanol–water partition coefficient (Wildman–Crippen LogP) is 3.92. The van der Waals surface area contributed by atoms with Crippen LogP contribution in [0.2, 0.25) is 0 Å². The maximum atomic E-state index is 10.9. The van der Waals surface area contributed by atoms with Gasteiger partial charge < -0.3 is 9.67 Å². The second kappa shape index (κ2) is 6.52. The predicted molar refractivity (Wildman–Crippen MR) is 83.9 cm³/mol. The zero-order valence-electron chi connectivity index (χ0n) is 11.7. The van der Waals surface area contributed by atoms with Gasteiger partial charge in [0.2, 0.25) is 0 Å². The lowest BCUT2D eigenvalue weighted by molar-refractivity contribution is 0.0697. The molecule has 2 heterocycles. The highest BCUT2D eigenvalue weighted by molar-refractivity contribution is 5.94. The van der Waals surface area contributed by atoms with Gasteiger partial charge >= 0.3 is 5.97 Å². The highest BCUT2D eigenvalue weighted by atomic mass is 16.4. The van der Waals surface area contributed by atoms with Gasteiger partial charge in [-0.15, -0.1) is 6.58 Å². The van der Waals surface area contributed by atoms with E-state index in [2.05, 4.69) is 11.6 Å². The Morgan fingerprint density at radius 3 is 2.71 bits per heavy atom. The summed E-state index contributed by atoms with van der Waals surface area (Å²) >= 11 is 0. The minimum absolute atomic E-state index is 0.298. The molecule has 4 heteroatoms. The molecular formula is C17H16N2O2. The SMILES string of the molecule is C=CC.O=C(O)c1ccc2c(ccn2-c2cccnc2)c1. The van der Waals surface area contributed by atoms with Gasteiger partial charge in [-0.2, -0.15) is 0 Å². The summed E-state index contributed by atoms with van der Waals surface area (Å²) in [6, 6.07) is 10.8. The summed E-state index contributed by atoms with van der Waals surface area (Å²) in [5, 5.41) is 9.85. The number of fused-ring (bicyclic) bond motifs is 1. The van der Waals surface area contributed by atoms with Crippen molar-refractivity contribution in [1.29, 1.82) is 0 Å². The Hall–Kier alpha value is -2.88. The second-order valence-corrected chi connectivity index (χ2v) is 4.38. The van der Waals surface area contributed by atoms with E-state index in [1.807, 2.05) is 42.0 Å². The third-order valence-corrected chi connectivity index (χ3v) is 2.86. The van der Waals surface area contributed by atoms with Crippen LogP contribution in [0.1, 0.15) is 17.3 Å². The van der Waals surface area contributed by atoms with Crippen LogP contribution < -0.4 is 0 Å². The van der Waals surface area contributed by atoms with Gasteiger partial charge in [-0.05, 0) is 43.3 Å². The monoisotopic (exact) mass is 280 g/mol. The van der Waals surface area contributed by atoms with Gasteiger partial charge in [0, 0.05) is 17.8 Å². The van der Waals surface area contributed by atoms with Crippen LogP contribution in [-0.2, 0) is 0 Å². The number of allylic oxidation sites excluding steroid dienone is 1. The number of hydrogen-bond donors (Lipinski definition) is 1. The zero-order valence-corrected chi connectivity index (χ0v) is 11.7. The Bertz CT molecular complexity index is 761. The number of hydrogen-bond acceptors (Lipinski definition) is 2. The van der Waals surface area contributed by atoms with Gasteiger partial charge in [-0.25, -0.2) is 4.79 Å². The number of carbonyl (C=O) groups is 1. The van der Waals surface area contributed by atoms with Crippen LogP contribution in [0.4, 0.5) is 0 Å². The molecule has 3 rings (SSSR count). The van der Waals surface area contributed by atoms with E-state index < -0.39 is 5.97 Å². The summed E-state index contributed by atoms with van der Waals surface area (Å²) in [7, 11) is 0. The standard InChI is InChI=1S/C14H10N2O2.C3H6/c17-14(18)11-3-4-13-10(8-11)5-7-16(13)12-2-1-6-15-9-12;1-3-2/h1-9H,(H,17,18);3H,1H2,2H3. The Morgan fingerprint density at radius 2 is 2.10 bits per heavy atom. The minimum Gasteiger partial charge on any atom is -0.478 e. The van der Waals surface area contributed by atoms with E-state index in [0.29, 0.717) is 5.56 Å². The number of aromatic carboxylic acids is 1. The Balaban J connectivity index is 0.000000497. The molecule has 0 bridgehead atoms. The summed E-state index contributed by atoms with van der Waals surface area (Å²) in [5.41, 5.74) is 2.22. The molecule has 0 aliphatic rings. The van der Waals surface area contributed by atoms with Crippen LogP contribution in [0.3, 0.4) is 0 Å². The molecule has 4 nitrogen and oxygen atoms in total. The molecule has 0 amide bonds. The molecule has 0 aliphatic heterocycles. The summed E-state index contributed by atoms with van der Waals surface area (Å²) in [4.78, 5) is 15.0. The zero-order chi connectivity index (χ0) is 15.2. The fraction of sp³-hybridized carbons (Fsp3) is 0.0588. The van der Waals surface area contributed by atoms with Crippen molar-refractivity contribution in [3.05, 3.63) is 73.2 Å². The number of aromatic nitrogens is 2. The molecule has 1 aromatic carbocycles. The second-order valence-electron chi connectivity index (χ2n) is 4.38. The minimum atomic E-state index is -0.911. The first-order valence-electron chi connectivity index (χ1n) is 6.49. The van der Waals surface area contributed by atoms with E-state index in [1.165, 1.54) is 0 Å². The van der Waals surface area contributed by atoms with Gasteiger partial charge in [0.05, 0.1) is 23.0 Å². The van der Waals surface area contributed by atoms with Crippen LogP contribution >= 0.6 is 0 Å². The molecule has 0 saturated heterocycles. The summed E-state index contributed by atoms with van der Waals surface area (Å²) < 4.78 is 1.98. The molecule has 106 valence electrons. The average Bonchev–Trinajstić information content (AvgIpc) is 2.92. The molecule has 2 aromatic heterocycles. The van der Waals surface area contributed by atoms with Gasteiger partial charge in [-0.1, -0.05) is 6.08 Å². The molecule has 0 unspecified atom stereocenters. The molecule has 0 fully saturated rings. The van der Waals surface area contributed by atoms with E-state index in [1.54, 1.807) is 30.6 Å². The first kappa shape index (κ1) is 14.5. The van der Waals surface area contributed by atoms with Crippen LogP contribution in [0, 0.1) is 0 Å². The number of nitrogens with zero attached hydrogens (tertiary/aromatic N) is 2. The van der Waals surface area contributed by atoms with Crippen LogP contribution in [0.15, 0.2) is 67.6 Å². The largest absolute Gasteiger partial charge is 0.478 e. The lowest BCUT2D eigenvalue weighted by atomic mass is 10.1. The summed E-state index contributed by atoms with van der Waals surface area (Å²) in [6.07, 6.45) is 7.15. The third kappa shape index (κ3) is 3.17. The van der Waals surface area contributed by atoms with E-state index >= 15 is 0 Å². The molecule has 1 N–H and O–H groups in total. The Morgan fingerprint density at radius 1 is 1.33 bits per heavy atom. The van der Waals surface area contributed by atoms with Crippen molar-refractivity contribution in [2.45, 2.75) is 6.92 Å². The topological polar surface area (TPSA) is 55.1 Å². The van der Waals surface area contributed by atoms with E-state index in [9.17, 15) is 4.79 Å². The van der Waals surface area contributed by atoms with Crippen molar-refractivity contribution in [2.24, 2.45) is 0 Å². The number of pyridine rings is 1. The normalized spacial score (nSPS) is 9.76. The highest BCUT2D eigenvalue weighted by Gasteiger charge is 2.07. The van der Waals surface area contributed by atoms with Gasteiger partial charge in [0.15, 0.2) is 0 Å². The fourth-order valence-electron chi connectivity index (χ4n) is 2.00. The first-order chi connectivity index (χ1) is 10.2. The molecule has 0 saturated carbocycles.